The summed E-state index contributed by atoms with van der Waals surface area (Å²) in [4.78, 5) is 4.24. The van der Waals surface area contributed by atoms with E-state index in [1.807, 2.05) is 43.6 Å². The van der Waals surface area contributed by atoms with Crippen molar-refractivity contribution < 1.29 is 9.47 Å². The van der Waals surface area contributed by atoms with Gasteiger partial charge in [0.25, 0.3) is 0 Å². The summed E-state index contributed by atoms with van der Waals surface area (Å²) in [5, 5.41) is 4.45. The van der Waals surface area contributed by atoms with Gasteiger partial charge in [-0.05, 0) is 42.3 Å². The molecule has 0 unspecified atom stereocenters. The van der Waals surface area contributed by atoms with Crippen LogP contribution in [0.5, 0.6) is 5.75 Å². The van der Waals surface area contributed by atoms with Crippen LogP contribution >= 0.6 is 0 Å². The fourth-order valence-corrected chi connectivity index (χ4v) is 2.68. The lowest BCUT2D eigenvalue weighted by atomic mass is 10.0. The number of pyridine rings is 1. The van der Waals surface area contributed by atoms with Crippen LogP contribution in [-0.4, -0.2) is 28.5 Å². The highest BCUT2D eigenvalue weighted by Crippen LogP contribution is 2.35. The average Bonchev–Trinajstić information content (AvgIpc) is 3.05. The summed E-state index contributed by atoms with van der Waals surface area (Å²) in [6, 6.07) is 11.7. The number of nitrogens with two attached hydrogens (primary N) is 1. The van der Waals surface area contributed by atoms with Crippen molar-refractivity contribution in [2.45, 2.75) is 13.0 Å². The van der Waals surface area contributed by atoms with Gasteiger partial charge in [0, 0.05) is 25.0 Å². The molecule has 0 aliphatic carbocycles. The van der Waals surface area contributed by atoms with Crippen molar-refractivity contribution in [3.05, 3.63) is 60.0 Å². The van der Waals surface area contributed by atoms with E-state index in [-0.39, 0.29) is 0 Å². The Kier molecular flexibility index (Phi) is 5.30. The van der Waals surface area contributed by atoms with Gasteiger partial charge in [-0.15, -0.1) is 0 Å². The van der Waals surface area contributed by atoms with E-state index < -0.39 is 0 Å². The van der Waals surface area contributed by atoms with Crippen LogP contribution in [0, 0.1) is 0 Å². The van der Waals surface area contributed by atoms with Crippen LogP contribution in [0.1, 0.15) is 11.3 Å². The minimum absolute atomic E-state index is 0.500. The molecule has 0 radical (unpaired) electrons. The summed E-state index contributed by atoms with van der Waals surface area (Å²) in [7, 11) is 3.50. The highest BCUT2D eigenvalue weighted by atomic mass is 16.5. The first-order chi connectivity index (χ1) is 12.2. The van der Waals surface area contributed by atoms with Gasteiger partial charge in [-0.3, -0.25) is 9.67 Å². The van der Waals surface area contributed by atoms with E-state index in [2.05, 4.69) is 16.1 Å². The highest BCUT2D eigenvalue weighted by Gasteiger charge is 2.13. The predicted octanol–water partition coefficient (Wildman–Crippen LogP) is 2.83. The van der Waals surface area contributed by atoms with Gasteiger partial charge in [0.2, 0.25) is 0 Å². The first kappa shape index (κ1) is 17.0. The van der Waals surface area contributed by atoms with E-state index in [1.54, 1.807) is 18.0 Å². The second kappa shape index (κ2) is 7.81. The van der Waals surface area contributed by atoms with Crippen molar-refractivity contribution in [2.24, 2.45) is 7.05 Å². The third kappa shape index (κ3) is 4.16. The maximum atomic E-state index is 6.16. The molecule has 3 rings (SSSR count). The van der Waals surface area contributed by atoms with Gasteiger partial charge < -0.3 is 15.2 Å². The molecule has 6 nitrogen and oxygen atoms in total. The van der Waals surface area contributed by atoms with Crippen LogP contribution in [-0.2, 0) is 24.8 Å². The lowest BCUT2D eigenvalue weighted by Gasteiger charge is -2.13. The zero-order chi connectivity index (χ0) is 17.6. The number of rotatable bonds is 7. The smallest absolute Gasteiger partial charge is 0.151 e. The Morgan fingerprint density at radius 3 is 2.76 bits per heavy atom. The number of methoxy groups -OCH3 is 1. The molecule has 0 aliphatic rings. The molecule has 0 fully saturated rings. The molecule has 2 aromatic heterocycles. The molecule has 3 aromatic rings. The van der Waals surface area contributed by atoms with Crippen LogP contribution in [0.2, 0.25) is 0 Å². The second-order valence-electron chi connectivity index (χ2n) is 5.76. The summed E-state index contributed by atoms with van der Waals surface area (Å²) in [6.45, 7) is 1.09. The molecule has 0 aliphatic heterocycles. The van der Waals surface area contributed by atoms with Gasteiger partial charge in [-0.2, -0.15) is 5.10 Å². The summed E-state index contributed by atoms with van der Waals surface area (Å²) >= 11 is 0. The van der Waals surface area contributed by atoms with Gasteiger partial charge in [0.15, 0.2) is 5.75 Å². The Morgan fingerprint density at radius 1 is 1.20 bits per heavy atom. The lowest BCUT2D eigenvalue weighted by molar-refractivity contribution is 0.121. The number of aryl methyl sites for hydroxylation is 1. The molecule has 6 heteroatoms. The average molecular weight is 338 g/mol. The zero-order valence-corrected chi connectivity index (χ0v) is 14.5. The number of aromatic nitrogens is 3. The van der Waals surface area contributed by atoms with Crippen LogP contribution in [0.25, 0.3) is 11.3 Å². The Balaban J connectivity index is 1.70. The Labute approximate surface area is 147 Å². The van der Waals surface area contributed by atoms with Crippen LogP contribution in [0.4, 0.5) is 5.69 Å². The van der Waals surface area contributed by atoms with Crippen LogP contribution in [0.15, 0.2) is 48.8 Å². The third-order valence-electron chi connectivity index (χ3n) is 3.88. The van der Waals surface area contributed by atoms with Crippen LogP contribution < -0.4 is 10.5 Å². The topological polar surface area (TPSA) is 75.2 Å². The van der Waals surface area contributed by atoms with Crippen molar-refractivity contribution in [3.63, 3.8) is 0 Å². The summed E-state index contributed by atoms with van der Waals surface area (Å²) in [5.41, 5.74) is 10.5. The van der Waals surface area contributed by atoms with Gasteiger partial charge in [-0.1, -0.05) is 6.07 Å². The van der Waals surface area contributed by atoms with Gasteiger partial charge >= 0.3 is 0 Å². The Bertz CT molecular complexity index is 831. The zero-order valence-electron chi connectivity index (χ0n) is 14.5. The van der Waals surface area contributed by atoms with Gasteiger partial charge in [0.1, 0.15) is 0 Å². The molecule has 0 bridgehead atoms. The summed E-state index contributed by atoms with van der Waals surface area (Å²) in [6.07, 6.45) is 4.41. The van der Waals surface area contributed by atoms with E-state index in [0.717, 1.165) is 28.9 Å². The first-order valence-electron chi connectivity index (χ1n) is 8.11. The summed E-state index contributed by atoms with van der Waals surface area (Å²) < 4.78 is 12.9. The van der Waals surface area contributed by atoms with E-state index in [1.165, 1.54) is 0 Å². The van der Waals surface area contributed by atoms with Crippen LogP contribution in [0.3, 0.4) is 0 Å². The molecule has 0 saturated heterocycles. The lowest BCUT2D eigenvalue weighted by Crippen LogP contribution is -2.03. The first-order valence-corrected chi connectivity index (χ1v) is 8.11. The number of nitrogen functional groups attached to an aromatic ring is 1. The van der Waals surface area contributed by atoms with Crippen molar-refractivity contribution in [2.75, 3.05) is 19.5 Å². The molecule has 0 spiro atoms. The number of hydrogen-bond donors (Lipinski definition) is 1. The van der Waals surface area contributed by atoms with Crippen molar-refractivity contribution in [1.29, 1.82) is 0 Å². The minimum atomic E-state index is 0.500. The molecule has 2 N–H and O–H groups in total. The second-order valence-corrected chi connectivity index (χ2v) is 5.76. The number of benzene rings is 1. The fourth-order valence-electron chi connectivity index (χ4n) is 2.68. The Morgan fingerprint density at radius 2 is 2.08 bits per heavy atom. The number of hydrogen-bond acceptors (Lipinski definition) is 5. The number of ether oxygens (including phenoxy) is 2. The standard InChI is InChI=1S/C19H22N4O2/c1-23-9-6-18(22-23)16-11-14(12-17(20)19(16)24-2)7-10-25-13-15-5-3-4-8-21-15/h3-6,8-9,11-12H,7,10,13,20H2,1-2H3. The maximum absolute atomic E-state index is 6.16. The molecular formula is C19H22N4O2. The Hall–Kier alpha value is -2.86. The molecule has 0 atom stereocenters. The highest BCUT2D eigenvalue weighted by molar-refractivity contribution is 5.76. The largest absolute Gasteiger partial charge is 0.494 e. The summed E-state index contributed by atoms with van der Waals surface area (Å²) in [5.74, 6) is 0.650. The molecule has 25 heavy (non-hydrogen) atoms. The van der Waals surface area contributed by atoms with E-state index >= 15 is 0 Å². The van der Waals surface area contributed by atoms with Crippen molar-refractivity contribution in [1.82, 2.24) is 14.8 Å². The monoisotopic (exact) mass is 338 g/mol. The normalized spacial score (nSPS) is 10.8. The molecule has 1 aromatic carbocycles. The van der Waals surface area contributed by atoms with Crippen molar-refractivity contribution in [3.8, 4) is 17.0 Å². The van der Waals surface area contributed by atoms with Gasteiger partial charge in [-0.25, -0.2) is 0 Å². The SMILES string of the molecule is COc1c(N)cc(CCOCc2ccccn2)cc1-c1ccn(C)n1. The quantitative estimate of drug-likeness (QED) is 0.529. The van der Waals surface area contributed by atoms with E-state index in [4.69, 9.17) is 15.2 Å². The maximum Gasteiger partial charge on any atom is 0.151 e. The third-order valence-corrected chi connectivity index (χ3v) is 3.88. The fraction of sp³-hybridized carbons (Fsp3) is 0.263. The molecule has 130 valence electrons. The minimum Gasteiger partial charge on any atom is -0.494 e. The molecule has 0 saturated carbocycles. The predicted molar refractivity (Wildman–Crippen MR) is 97.2 cm³/mol. The molecule has 0 amide bonds. The van der Waals surface area contributed by atoms with E-state index in [9.17, 15) is 0 Å². The number of nitrogens with zero attached hydrogens (tertiary/aromatic N) is 3. The molecule has 2 heterocycles. The van der Waals surface area contributed by atoms with E-state index in [0.29, 0.717) is 24.7 Å². The van der Waals surface area contributed by atoms with Gasteiger partial charge in [0.05, 0.1) is 37.4 Å². The van der Waals surface area contributed by atoms with Crippen molar-refractivity contribution >= 4 is 5.69 Å². The number of anilines is 1. The molecular weight excluding hydrogens is 316 g/mol.